The van der Waals surface area contributed by atoms with E-state index >= 15 is 0 Å². The van der Waals surface area contributed by atoms with Gasteiger partial charge in [-0.25, -0.2) is 4.79 Å². The quantitative estimate of drug-likeness (QED) is 0.109. The normalized spacial score (nSPS) is 15.2. The van der Waals surface area contributed by atoms with Crippen LogP contribution < -0.4 is 11.1 Å². The van der Waals surface area contributed by atoms with Gasteiger partial charge in [-0.1, -0.05) is 10.8 Å². The van der Waals surface area contributed by atoms with Gasteiger partial charge in [0.05, 0.1) is 0 Å². The first-order valence-electron chi connectivity index (χ1n) is 11.4. The second-order valence-corrected chi connectivity index (χ2v) is 11.5. The van der Waals surface area contributed by atoms with Crippen LogP contribution in [0.2, 0.25) is 0 Å². The molecule has 1 amide bonds. The van der Waals surface area contributed by atoms with Gasteiger partial charge in [-0.2, -0.15) is 23.1 Å². The van der Waals surface area contributed by atoms with E-state index in [2.05, 4.69) is 17.0 Å². The summed E-state index contributed by atoms with van der Waals surface area (Å²) in [5.74, 6) is -1.64. The van der Waals surface area contributed by atoms with Crippen LogP contribution in [0, 0.1) is 5.92 Å². The molecule has 36 heavy (non-hydrogen) atoms. The van der Waals surface area contributed by atoms with Crippen molar-refractivity contribution in [2.75, 3.05) is 25.2 Å². The van der Waals surface area contributed by atoms with E-state index in [0.717, 1.165) is 17.7 Å². The van der Waals surface area contributed by atoms with Crippen LogP contribution in [0.15, 0.2) is 16.8 Å². The summed E-state index contributed by atoms with van der Waals surface area (Å²) in [6, 6.07) is 0.911. The van der Waals surface area contributed by atoms with Gasteiger partial charge in [0.25, 0.3) is 0 Å². The van der Waals surface area contributed by atoms with Crippen molar-refractivity contribution in [2.24, 2.45) is 11.7 Å². The van der Waals surface area contributed by atoms with Gasteiger partial charge >= 0.3 is 17.9 Å². The third-order valence-corrected chi connectivity index (χ3v) is 8.15. The number of carbonyl (C=O) groups is 4. The molecule has 0 bridgehead atoms. The molecule has 0 spiro atoms. The van der Waals surface area contributed by atoms with Crippen LogP contribution in [0.3, 0.4) is 0 Å². The van der Waals surface area contributed by atoms with Gasteiger partial charge in [-0.05, 0) is 60.6 Å². The predicted octanol–water partition coefficient (Wildman–Crippen LogP) is 2.87. The van der Waals surface area contributed by atoms with Crippen molar-refractivity contribution in [3.05, 3.63) is 22.4 Å². The topological polar surface area (TPSA) is 134 Å². The number of hydrogen-bond acceptors (Lipinski definition) is 12. The van der Waals surface area contributed by atoms with Crippen molar-refractivity contribution in [2.45, 2.75) is 63.5 Å². The first kappa shape index (κ1) is 32.6. The fourth-order valence-electron chi connectivity index (χ4n) is 3.24. The summed E-state index contributed by atoms with van der Waals surface area (Å²) in [5, 5.41) is 6.64. The lowest BCUT2D eigenvalue weighted by Crippen LogP contribution is -2.45. The molecule has 0 saturated heterocycles. The Morgan fingerprint density at radius 1 is 1.17 bits per heavy atom. The molecule has 9 nitrogen and oxygen atoms in total. The van der Waals surface area contributed by atoms with E-state index in [1.54, 1.807) is 23.1 Å². The van der Waals surface area contributed by atoms with Gasteiger partial charge in [0.15, 0.2) is 6.10 Å². The van der Waals surface area contributed by atoms with E-state index in [0.29, 0.717) is 12.8 Å². The first-order valence-corrected chi connectivity index (χ1v) is 15.7. The Kier molecular flexibility index (Phi) is 16.3. The number of nitrogens with one attached hydrogen (secondary N) is 1. The minimum Gasteiger partial charge on any atom is -0.462 e. The van der Waals surface area contributed by atoms with Crippen LogP contribution in [0.5, 0.6) is 0 Å². The van der Waals surface area contributed by atoms with Crippen molar-refractivity contribution in [1.82, 2.24) is 5.32 Å². The largest absolute Gasteiger partial charge is 0.462 e. The fourth-order valence-corrected chi connectivity index (χ4v) is 5.77. The van der Waals surface area contributed by atoms with Crippen LogP contribution >= 0.6 is 45.6 Å². The average molecular weight is 581 g/mol. The minimum atomic E-state index is -0.944. The maximum absolute atomic E-state index is 13.2. The van der Waals surface area contributed by atoms with E-state index in [1.165, 1.54) is 31.6 Å². The molecule has 5 atom stereocenters. The number of rotatable bonds is 17. The highest BCUT2D eigenvalue weighted by Gasteiger charge is 2.29. The minimum absolute atomic E-state index is 0.0390. The van der Waals surface area contributed by atoms with Crippen LogP contribution in [0.4, 0.5) is 0 Å². The third kappa shape index (κ3) is 13.2. The lowest BCUT2D eigenvalue weighted by atomic mass is 9.92. The Morgan fingerprint density at radius 3 is 2.42 bits per heavy atom. The van der Waals surface area contributed by atoms with E-state index in [1.807, 2.05) is 23.1 Å². The molecular weight excluding hydrogens is 545 g/mol. The van der Waals surface area contributed by atoms with E-state index < -0.39 is 36.0 Å². The van der Waals surface area contributed by atoms with Crippen LogP contribution in [0.1, 0.15) is 39.2 Å². The van der Waals surface area contributed by atoms with Crippen LogP contribution in [0.25, 0.3) is 0 Å². The zero-order valence-corrected chi connectivity index (χ0v) is 24.3. The Morgan fingerprint density at radius 2 is 1.86 bits per heavy atom. The predicted molar refractivity (Wildman–Crippen MR) is 148 cm³/mol. The SMILES string of the molecule is CSCCC(N)C(CC(Cc1ccsc1)C(=O)NC(C)C(=O)OCC(COC(C)=O)OC(C)=O)SS. The highest BCUT2D eigenvalue weighted by molar-refractivity contribution is 8.68. The molecule has 204 valence electrons. The number of ether oxygens (including phenoxy) is 3. The summed E-state index contributed by atoms with van der Waals surface area (Å²) in [4.78, 5) is 48.1. The number of nitrogens with two attached hydrogens (primary N) is 1. The molecule has 13 heteroatoms. The summed E-state index contributed by atoms with van der Waals surface area (Å²) in [7, 11) is 1.35. The number of amides is 1. The number of thiol groups is 1. The highest BCUT2D eigenvalue weighted by Crippen LogP contribution is 2.29. The lowest BCUT2D eigenvalue weighted by Gasteiger charge is -2.26. The van der Waals surface area contributed by atoms with Gasteiger partial charge in [0.1, 0.15) is 19.3 Å². The second kappa shape index (κ2) is 17.9. The average Bonchev–Trinajstić information content (AvgIpc) is 3.34. The summed E-state index contributed by atoms with van der Waals surface area (Å²) in [5.41, 5.74) is 7.41. The summed E-state index contributed by atoms with van der Waals surface area (Å²) in [6.07, 6.45) is 2.90. The van der Waals surface area contributed by atoms with Crippen molar-refractivity contribution >= 4 is 69.4 Å². The molecule has 1 heterocycles. The molecular formula is C23H36N2O7S4. The molecule has 1 aromatic heterocycles. The van der Waals surface area contributed by atoms with Crippen molar-refractivity contribution in [3.63, 3.8) is 0 Å². The molecule has 0 aliphatic carbocycles. The van der Waals surface area contributed by atoms with E-state index in [-0.39, 0.29) is 30.4 Å². The number of hydrogen-bond donors (Lipinski definition) is 3. The summed E-state index contributed by atoms with van der Waals surface area (Å²) < 4.78 is 15.1. The van der Waals surface area contributed by atoms with Gasteiger partial charge in [-0.3, -0.25) is 14.4 Å². The molecule has 0 aliphatic heterocycles. The van der Waals surface area contributed by atoms with Gasteiger partial charge in [-0.15, -0.1) is 11.7 Å². The van der Waals surface area contributed by atoms with Crippen LogP contribution in [-0.4, -0.2) is 72.5 Å². The first-order chi connectivity index (χ1) is 17.1. The number of thiophene rings is 1. The molecule has 0 radical (unpaired) electrons. The maximum atomic E-state index is 13.2. The Labute approximate surface area is 230 Å². The van der Waals surface area contributed by atoms with E-state index in [9.17, 15) is 19.2 Å². The molecule has 3 N–H and O–H groups in total. The zero-order chi connectivity index (χ0) is 27.1. The smallest absolute Gasteiger partial charge is 0.328 e. The number of carbonyl (C=O) groups excluding carboxylic acids is 4. The molecule has 0 aliphatic rings. The van der Waals surface area contributed by atoms with Crippen molar-refractivity contribution in [1.29, 1.82) is 0 Å². The maximum Gasteiger partial charge on any atom is 0.328 e. The molecule has 0 fully saturated rings. The van der Waals surface area contributed by atoms with Gasteiger partial charge in [0.2, 0.25) is 5.91 Å². The molecule has 0 aromatic carbocycles. The lowest BCUT2D eigenvalue weighted by molar-refractivity contribution is -0.165. The third-order valence-electron chi connectivity index (χ3n) is 5.15. The monoisotopic (exact) mass is 580 g/mol. The molecule has 1 rings (SSSR count). The highest BCUT2D eigenvalue weighted by atomic mass is 33.1. The summed E-state index contributed by atoms with van der Waals surface area (Å²) in [6.45, 7) is 3.37. The Hall–Kier alpha value is -1.41. The Balaban J connectivity index is 2.79. The van der Waals surface area contributed by atoms with Gasteiger partial charge < -0.3 is 25.3 Å². The Bertz CT molecular complexity index is 825. The number of esters is 3. The van der Waals surface area contributed by atoms with E-state index in [4.69, 9.17) is 19.9 Å². The molecule has 0 saturated carbocycles. The summed E-state index contributed by atoms with van der Waals surface area (Å²) >= 11 is 7.67. The number of thioether (sulfide) groups is 1. The standard InChI is InChI=1S/C23H36N2O7S4/c1-14(23(29)31-12-19(32-16(3)27)11-30-15(2)26)25-22(28)18(9-17-5-8-35-13-17)10-21(36-33)20(24)6-7-34-4/h5,8,13-14,18-21,33H,6-7,9-12,24H2,1-4H3,(H,25,28). The molecule has 5 unspecified atom stereocenters. The zero-order valence-electron chi connectivity index (χ0n) is 21.0. The van der Waals surface area contributed by atoms with Crippen molar-refractivity contribution in [3.8, 4) is 0 Å². The van der Waals surface area contributed by atoms with Gasteiger partial charge in [0, 0.05) is 31.1 Å². The van der Waals surface area contributed by atoms with Crippen molar-refractivity contribution < 1.29 is 33.4 Å². The fraction of sp³-hybridized carbons (Fsp3) is 0.652. The molecule has 1 aromatic rings. The second-order valence-electron chi connectivity index (χ2n) is 8.25. The van der Waals surface area contributed by atoms with Crippen LogP contribution in [-0.2, 0) is 39.8 Å².